The molecule has 1 rings (SSSR count). The van der Waals surface area contributed by atoms with Crippen LogP contribution in [-0.2, 0) is 9.53 Å². The maximum absolute atomic E-state index is 12.0. The number of benzene rings is 1. The Morgan fingerprint density at radius 1 is 1.26 bits per heavy atom. The topological polar surface area (TPSA) is 64.6 Å². The molecule has 0 aliphatic carbocycles. The Balaban J connectivity index is 3.52. The van der Waals surface area contributed by atoms with Crippen molar-refractivity contribution in [2.24, 2.45) is 0 Å². The summed E-state index contributed by atoms with van der Waals surface area (Å²) < 4.78 is 10.3. The Hall–Kier alpha value is -2.26. The fraction of sp³-hybridized carbons (Fsp3) is 0.412. The number of anilines is 1. The third-order valence-electron chi connectivity index (χ3n) is 2.71. The van der Waals surface area contributed by atoms with E-state index in [1.54, 1.807) is 12.1 Å². The van der Waals surface area contributed by atoms with Crippen LogP contribution >= 0.6 is 0 Å². The Bertz CT molecular complexity index is 666. The number of amides is 1. The molecule has 0 unspecified atom stereocenters. The first-order valence-electron chi connectivity index (χ1n) is 7.38. The van der Waals surface area contributed by atoms with E-state index in [0.29, 0.717) is 29.2 Å². The van der Waals surface area contributed by atoms with Gasteiger partial charge in [0.15, 0.2) is 0 Å². The van der Waals surface area contributed by atoms with Gasteiger partial charge in [-0.2, -0.15) is 0 Å². The molecular formula is C17H23NO4Si. The predicted octanol–water partition coefficient (Wildman–Crippen LogP) is 3.06. The van der Waals surface area contributed by atoms with Crippen molar-refractivity contribution in [3.63, 3.8) is 0 Å². The van der Waals surface area contributed by atoms with Gasteiger partial charge in [0.2, 0.25) is 5.91 Å². The summed E-state index contributed by atoms with van der Waals surface area (Å²) in [6.07, 6.45) is 0. The van der Waals surface area contributed by atoms with Crippen LogP contribution in [0.25, 0.3) is 0 Å². The quantitative estimate of drug-likeness (QED) is 0.522. The van der Waals surface area contributed by atoms with Crippen molar-refractivity contribution in [3.8, 4) is 17.2 Å². The van der Waals surface area contributed by atoms with Gasteiger partial charge < -0.3 is 14.8 Å². The van der Waals surface area contributed by atoms with Crippen molar-refractivity contribution in [1.29, 1.82) is 0 Å². The second kappa shape index (κ2) is 7.84. The fourth-order valence-electron chi connectivity index (χ4n) is 1.78. The Kier molecular flexibility index (Phi) is 6.40. The van der Waals surface area contributed by atoms with E-state index >= 15 is 0 Å². The van der Waals surface area contributed by atoms with Crippen molar-refractivity contribution in [3.05, 3.63) is 23.3 Å². The maximum atomic E-state index is 12.0. The van der Waals surface area contributed by atoms with Gasteiger partial charge in [0.1, 0.15) is 19.4 Å². The highest BCUT2D eigenvalue weighted by atomic mass is 28.3. The van der Waals surface area contributed by atoms with Crippen LogP contribution < -0.4 is 10.1 Å². The third kappa shape index (κ3) is 5.79. The number of hydrogen-bond acceptors (Lipinski definition) is 4. The molecule has 1 aromatic carbocycles. The van der Waals surface area contributed by atoms with E-state index in [4.69, 9.17) is 9.47 Å². The lowest BCUT2D eigenvalue weighted by molar-refractivity contribution is -0.114. The lowest BCUT2D eigenvalue weighted by Crippen LogP contribution is -2.16. The Morgan fingerprint density at radius 2 is 1.91 bits per heavy atom. The lowest BCUT2D eigenvalue weighted by atomic mass is 10.1. The van der Waals surface area contributed by atoms with Gasteiger partial charge in [-0.1, -0.05) is 25.6 Å². The van der Waals surface area contributed by atoms with Crippen LogP contribution in [-0.4, -0.2) is 33.7 Å². The van der Waals surface area contributed by atoms with Crippen molar-refractivity contribution < 1.29 is 19.1 Å². The molecule has 0 radical (unpaired) electrons. The van der Waals surface area contributed by atoms with Crippen LogP contribution in [0.4, 0.5) is 5.69 Å². The van der Waals surface area contributed by atoms with Crippen LogP contribution in [0.2, 0.25) is 19.6 Å². The van der Waals surface area contributed by atoms with Crippen LogP contribution in [0, 0.1) is 11.5 Å². The van der Waals surface area contributed by atoms with E-state index in [2.05, 4.69) is 36.4 Å². The first-order chi connectivity index (χ1) is 10.7. The van der Waals surface area contributed by atoms with Crippen LogP contribution in [0.1, 0.15) is 29.8 Å². The van der Waals surface area contributed by atoms with E-state index in [9.17, 15) is 9.59 Å². The zero-order valence-corrected chi connectivity index (χ0v) is 15.5. The standard InChI is InChI=1S/C17H23NO4Si/c1-7-22-16-11-15(18-12(2)19)13(8-9-23(4,5)6)10-14(16)17(20)21-3/h10-11H,7H2,1-6H3,(H,18,19). The summed E-state index contributed by atoms with van der Waals surface area (Å²) in [6, 6.07) is 3.22. The summed E-state index contributed by atoms with van der Waals surface area (Å²) in [6.45, 7) is 9.99. The van der Waals surface area contributed by atoms with Crippen LogP contribution in [0.5, 0.6) is 5.75 Å². The minimum Gasteiger partial charge on any atom is -0.493 e. The fourth-order valence-corrected chi connectivity index (χ4v) is 2.29. The minimum absolute atomic E-state index is 0.214. The molecule has 23 heavy (non-hydrogen) atoms. The average Bonchev–Trinajstić information content (AvgIpc) is 2.44. The number of esters is 1. The molecule has 0 fully saturated rings. The molecule has 0 atom stereocenters. The van der Waals surface area contributed by atoms with Crippen molar-refractivity contribution in [1.82, 2.24) is 0 Å². The van der Waals surface area contributed by atoms with Gasteiger partial charge in [-0.25, -0.2) is 4.79 Å². The summed E-state index contributed by atoms with van der Waals surface area (Å²) >= 11 is 0. The molecule has 1 aromatic rings. The van der Waals surface area contributed by atoms with Gasteiger partial charge in [0, 0.05) is 18.6 Å². The van der Waals surface area contributed by atoms with Gasteiger partial charge in [-0.3, -0.25) is 4.79 Å². The van der Waals surface area contributed by atoms with Crippen molar-refractivity contribution in [2.75, 3.05) is 19.0 Å². The molecule has 6 heteroatoms. The van der Waals surface area contributed by atoms with Crippen molar-refractivity contribution in [2.45, 2.75) is 33.5 Å². The summed E-state index contributed by atoms with van der Waals surface area (Å²) in [7, 11) is -0.293. The van der Waals surface area contributed by atoms with E-state index < -0.39 is 14.0 Å². The average molecular weight is 333 g/mol. The van der Waals surface area contributed by atoms with E-state index in [-0.39, 0.29) is 5.91 Å². The van der Waals surface area contributed by atoms with Crippen molar-refractivity contribution >= 4 is 25.6 Å². The SMILES string of the molecule is CCOc1cc(NC(C)=O)c(C#C[Si](C)(C)C)cc1C(=O)OC. The van der Waals surface area contributed by atoms with Crippen LogP contribution in [0.3, 0.4) is 0 Å². The molecular weight excluding hydrogens is 310 g/mol. The summed E-state index contributed by atoms with van der Waals surface area (Å²) in [4.78, 5) is 23.4. The Labute approximate surface area is 138 Å². The molecule has 0 saturated carbocycles. The number of carbonyl (C=O) groups excluding carboxylic acids is 2. The predicted molar refractivity (Wildman–Crippen MR) is 93.5 cm³/mol. The van der Waals surface area contributed by atoms with E-state index in [0.717, 1.165) is 0 Å². The highest BCUT2D eigenvalue weighted by Gasteiger charge is 2.18. The third-order valence-corrected chi connectivity index (χ3v) is 3.58. The number of carbonyl (C=O) groups is 2. The lowest BCUT2D eigenvalue weighted by Gasteiger charge is -2.14. The molecule has 5 nitrogen and oxygen atoms in total. The summed E-state index contributed by atoms with van der Waals surface area (Å²) in [5.41, 5.74) is 4.63. The van der Waals surface area contributed by atoms with Gasteiger partial charge in [0.25, 0.3) is 0 Å². The van der Waals surface area contributed by atoms with E-state index in [1.807, 2.05) is 6.92 Å². The number of hydrogen-bond donors (Lipinski definition) is 1. The molecule has 0 heterocycles. The normalized spacial score (nSPS) is 10.3. The second-order valence-electron chi connectivity index (χ2n) is 6.00. The zero-order valence-electron chi connectivity index (χ0n) is 14.5. The highest BCUT2D eigenvalue weighted by molar-refractivity contribution is 6.83. The van der Waals surface area contributed by atoms with Crippen LogP contribution in [0.15, 0.2) is 12.1 Å². The summed E-state index contributed by atoms with van der Waals surface area (Å²) in [5, 5.41) is 2.73. The second-order valence-corrected chi connectivity index (χ2v) is 10.7. The molecule has 1 N–H and O–H groups in total. The Morgan fingerprint density at radius 3 is 2.39 bits per heavy atom. The minimum atomic E-state index is -1.61. The molecule has 0 aliphatic rings. The number of nitrogens with one attached hydrogen (secondary N) is 1. The summed E-state index contributed by atoms with van der Waals surface area (Å²) in [5.74, 6) is 2.73. The number of ether oxygens (including phenoxy) is 2. The molecule has 0 aliphatic heterocycles. The number of rotatable bonds is 4. The van der Waals surface area contributed by atoms with Gasteiger partial charge in [0.05, 0.1) is 19.4 Å². The first-order valence-corrected chi connectivity index (χ1v) is 10.9. The molecule has 0 aromatic heterocycles. The molecule has 124 valence electrons. The largest absolute Gasteiger partial charge is 0.493 e. The van der Waals surface area contributed by atoms with Gasteiger partial charge >= 0.3 is 5.97 Å². The zero-order chi connectivity index (χ0) is 17.6. The molecule has 1 amide bonds. The molecule has 0 saturated heterocycles. The molecule has 0 spiro atoms. The monoisotopic (exact) mass is 333 g/mol. The molecule has 0 bridgehead atoms. The highest BCUT2D eigenvalue weighted by Crippen LogP contribution is 2.28. The van der Waals surface area contributed by atoms with Gasteiger partial charge in [-0.05, 0) is 13.0 Å². The smallest absolute Gasteiger partial charge is 0.341 e. The number of methoxy groups -OCH3 is 1. The maximum Gasteiger partial charge on any atom is 0.341 e. The van der Waals surface area contributed by atoms with E-state index in [1.165, 1.54) is 14.0 Å². The first kappa shape index (κ1) is 18.8. The van der Waals surface area contributed by atoms with Gasteiger partial charge in [-0.15, -0.1) is 5.54 Å².